The molecule has 1 aromatic rings. The maximum Gasteiger partial charge on any atom is 0.261 e. The molecule has 0 radical (unpaired) electrons. The van der Waals surface area contributed by atoms with Crippen LogP contribution in [0, 0.1) is 6.92 Å². The highest BCUT2D eigenvalue weighted by Crippen LogP contribution is 2.28. The summed E-state index contributed by atoms with van der Waals surface area (Å²) in [5.74, 6) is 1.05. The Balaban J connectivity index is 0.00000144. The van der Waals surface area contributed by atoms with Crippen LogP contribution >= 0.6 is 24.8 Å². The number of hydrogen-bond acceptors (Lipinski definition) is 3. The largest absolute Gasteiger partial charge is 0.464 e. The summed E-state index contributed by atoms with van der Waals surface area (Å²) in [4.78, 5) is 1.78. The van der Waals surface area contributed by atoms with Gasteiger partial charge in [-0.1, -0.05) is 0 Å². The number of nitrogens with one attached hydrogen (secondary N) is 1. The molecule has 1 aliphatic rings. The van der Waals surface area contributed by atoms with Crippen LogP contribution in [0.1, 0.15) is 17.6 Å². The van der Waals surface area contributed by atoms with Gasteiger partial charge in [0.1, 0.15) is 17.6 Å². The van der Waals surface area contributed by atoms with Gasteiger partial charge in [-0.25, -0.2) is 8.78 Å². The molecule has 0 unspecified atom stereocenters. The standard InChI is InChI=1S/C11H16F2N2O.2ClH/c1-8-2-3-9(16-8)10(11(12)13)15-6-4-14-5-7-15;;/h2-3,10-11,14H,4-7H2,1H3;2*1H/t10-;;/m0../s1. The first kappa shape index (κ1) is 17.6. The van der Waals surface area contributed by atoms with Crippen molar-refractivity contribution in [1.29, 1.82) is 0 Å². The number of nitrogens with zero attached hydrogens (tertiary/aromatic N) is 1. The number of aryl methyl sites for hydroxylation is 1. The van der Waals surface area contributed by atoms with Crippen LogP contribution < -0.4 is 5.32 Å². The molecule has 18 heavy (non-hydrogen) atoms. The fourth-order valence-electron chi connectivity index (χ4n) is 2.04. The maximum absolute atomic E-state index is 13.1. The molecule has 3 nitrogen and oxygen atoms in total. The van der Waals surface area contributed by atoms with Crippen LogP contribution in [0.25, 0.3) is 0 Å². The normalized spacial score (nSPS) is 18.0. The third kappa shape index (κ3) is 4.09. The zero-order valence-corrected chi connectivity index (χ0v) is 11.7. The summed E-state index contributed by atoms with van der Waals surface area (Å²) in [7, 11) is 0. The number of furan rings is 1. The smallest absolute Gasteiger partial charge is 0.261 e. The van der Waals surface area contributed by atoms with Crippen LogP contribution in [0.15, 0.2) is 16.5 Å². The number of halogens is 4. The van der Waals surface area contributed by atoms with Crippen molar-refractivity contribution in [3.8, 4) is 0 Å². The van der Waals surface area contributed by atoms with Crippen molar-refractivity contribution in [1.82, 2.24) is 10.2 Å². The van der Waals surface area contributed by atoms with E-state index in [0.717, 1.165) is 13.1 Å². The monoisotopic (exact) mass is 302 g/mol. The van der Waals surface area contributed by atoms with Crippen molar-refractivity contribution in [2.75, 3.05) is 26.2 Å². The summed E-state index contributed by atoms with van der Waals surface area (Å²) >= 11 is 0. The second kappa shape index (κ2) is 7.94. The lowest BCUT2D eigenvalue weighted by Crippen LogP contribution is -2.46. The summed E-state index contributed by atoms with van der Waals surface area (Å²) in [6.07, 6.45) is -2.41. The Bertz CT molecular complexity index is 344. The molecule has 106 valence electrons. The number of hydrogen-bond donors (Lipinski definition) is 1. The molecule has 0 amide bonds. The van der Waals surface area contributed by atoms with Crippen molar-refractivity contribution in [3.05, 3.63) is 23.7 Å². The first-order valence-corrected chi connectivity index (χ1v) is 5.48. The molecule has 2 heterocycles. The zero-order chi connectivity index (χ0) is 11.5. The van der Waals surface area contributed by atoms with E-state index in [-0.39, 0.29) is 24.8 Å². The fraction of sp³-hybridized carbons (Fsp3) is 0.636. The third-order valence-corrected chi connectivity index (χ3v) is 2.84. The Morgan fingerprint density at radius 2 is 1.83 bits per heavy atom. The number of alkyl halides is 2. The van der Waals surface area contributed by atoms with Gasteiger partial charge in [0.05, 0.1) is 0 Å². The van der Waals surface area contributed by atoms with Crippen molar-refractivity contribution >= 4 is 24.8 Å². The minimum absolute atomic E-state index is 0. The van der Waals surface area contributed by atoms with E-state index in [4.69, 9.17) is 4.42 Å². The molecule has 7 heteroatoms. The molecule has 1 fully saturated rings. The van der Waals surface area contributed by atoms with E-state index in [1.807, 2.05) is 0 Å². The van der Waals surface area contributed by atoms with E-state index in [2.05, 4.69) is 5.32 Å². The molecule has 1 atom stereocenters. The van der Waals surface area contributed by atoms with Gasteiger partial charge in [0.2, 0.25) is 0 Å². The Morgan fingerprint density at radius 1 is 1.22 bits per heavy atom. The molecule has 1 saturated heterocycles. The predicted octanol–water partition coefficient (Wildman–Crippen LogP) is 2.64. The van der Waals surface area contributed by atoms with Gasteiger partial charge < -0.3 is 9.73 Å². The lowest BCUT2D eigenvalue weighted by atomic mass is 10.1. The molecular formula is C11H18Cl2F2N2O. The van der Waals surface area contributed by atoms with Crippen molar-refractivity contribution in [2.45, 2.75) is 19.4 Å². The molecule has 1 aliphatic heterocycles. The molecule has 0 bridgehead atoms. The van der Waals surface area contributed by atoms with Crippen molar-refractivity contribution in [3.63, 3.8) is 0 Å². The summed E-state index contributed by atoms with van der Waals surface area (Å²) in [6, 6.07) is 2.47. The SMILES string of the molecule is Cc1ccc([C@@H](C(F)F)N2CCNCC2)o1.Cl.Cl. The van der Waals surface area contributed by atoms with Gasteiger partial charge in [-0.2, -0.15) is 0 Å². The van der Waals surface area contributed by atoms with Crippen LogP contribution in [0.4, 0.5) is 8.78 Å². The summed E-state index contributed by atoms with van der Waals surface area (Å²) < 4.78 is 31.4. The van der Waals surface area contributed by atoms with Crippen molar-refractivity contribution in [2.24, 2.45) is 0 Å². The van der Waals surface area contributed by atoms with Crippen LogP contribution in [-0.2, 0) is 0 Å². The molecule has 0 aliphatic carbocycles. The van der Waals surface area contributed by atoms with Crippen LogP contribution in [0.3, 0.4) is 0 Å². The summed E-state index contributed by atoms with van der Waals surface area (Å²) in [5, 5.41) is 3.15. The molecule has 0 saturated carbocycles. The second-order valence-corrected chi connectivity index (χ2v) is 4.01. The number of rotatable bonds is 3. The summed E-state index contributed by atoms with van der Waals surface area (Å²) in [5.41, 5.74) is 0. The molecular weight excluding hydrogens is 285 g/mol. The third-order valence-electron chi connectivity index (χ3n) is 2.84. The average Bonchev–Trinajstić information content (AvgIpc) is 2.66. The first-order chi connectivity index (χ1) is 7.68. The van der Waals surface area contributed by atoms with E-state index >= 15 is 0 Å². The molecule has 2 rings (SSSR count). The minimum atomic E-state index is -2.41. The highest BCUT2D eigenvalue weighted by Gasteiger charge is 2.32. The van der Waals surface area contributed by atoms with Crippen molar-refractivity contribution < 1.29 is 13.2 Å². The lowest BCUT2D eigenvalue weighted by Gasteiger charge is -2.33. The number of piperazine rings is 1. The Morgan fingerprint density at radius 3 is 2.28 bits per heavy atom. The topological polar surface area (TPSA) is 28.4 Å². The van der Waals surface area contributed by atoms with E-state index in [0.29, 0.717) is 24.6 Å². The van der Waals surface area contributed by atoms with Gasteiger partial charge >= 0.3 is 0 Å². The quantitative estimate of drug-likeness (QED) is 0.930. The van der Waals surface area contributed by atoms with Gasteiger partial charge in [0.25, 0.3) is 6.43 Å². The van der Waals surface area contributed by atoms with Crippen LogP contribution in [0.5, 0.6) is 0 Å². The Hall–Kier alpha value is -0.360. The zero-order valence-electron chi connectivity index (χ0n) is 10.1. The van der Waals surface area contributed by atoms with E-state index in [1.165, 1.54) is 0 Å². The van der Waals surface area contributed by atoms with E-state index in [9.17, 15) is 8.78 Å². The predicted molar refractivity (Wildman–Crippen MR) is 71.1 cm³/mol. The highest BCUT2D eigenvalue weighted by atomic mass is 35.5. The van der Waals surface area contributed by atoms with Gasteiger partial charge in [-0.3, -0.25) is 4.90 Å². The second-order valence-electron chi connectivity index (χ2n) is 4.01. The Labute approximate surface area is 118 Å². The van der Waals surface area contributed by atoms with Crippen LogP contribution in [-0.4, -0.2) is 37.5 Å². The molecule has 0 spiro atoms. The van der Waals surface area contributed by atoms with Gasteiger partial charge in [0.15, 0.2) is 0 Å². The maximum atomic E-state index is 13.1. The fourth-order valence-corrected chi connectivity index (χ4v) is 2.04. The van der Waals surface area contributed by atoms with E-state index in [1.54, 1.807) is 24.0 Å². The first-order valence-electron chi connectivity index (χ1n) is 5.48. The van der Waals surface area contributed by atoms with E-state index < -0.39 is 12.5 Å². The average molecular weight is 303 g/mol. The highest BCUT2D eigenvalue weighted by molar-refractivity contribution is 5.85. The van der Waals surface area contributed by atoms with Gasteiger partial charge in [0, 0.05) is 26.2 Å². The van der Waals surface area contributed by atoms with Crippen LogP contribution in [0.2, 0.25) is 0 Å². The van der Waals surface area contributed by atoms with Gasteiger partial charge in [-0.15, -0.1) is 24.8 Å². The van der Waals surface area contributed by atoms with Gasteiger partial charge in [-0.05, 0) is 19.1 Å². The lowest BCUT2D eigenvalue weighted by molar-refractivity contribution is 0.00717. The summed E-state index contributed by atoms with van der Waals surface area (Å²) in [6.45, 7) is 4.54. The molecule has 1 aromatic heterocycles. The Kier molecular flexibility index (Phi) is 7.78. The molecule has 0 aromatic carbocycles. The molecule has 1 N–H and O–H groups in total. The minimum Gasteiger partial charge on any atom is -0.464 e.